The van der Waals surface area contributed by atoms with Crippen molar-refractivity contribution in [1.82, 2.24) is 5.32 Å². The Kier molecular flexibility index (Phi) is 5.61. The Morgan fingerprint density at radius 2 is 2.27 bits per heavy atom. The molecule has 0 radical (unpaired) electrons. The minimum atomic E-state index is -0.344. The highest BCUT2D eigenvalue weighted by Gasteiger charge is 2.04. The van der Waals surface area contributed by atoms with E-state index in [1.165, 1.54) is 0 Å². The van der Waals surface area contributed by atoms with Gasteiger partial charge in [0.25, 0.3) is 0 Å². The predicted octanol–water partition coefficient (Wildman–Crippen LogP) is 2.61. The molecule has 1 rings (SSSR count). The average Bonchev–Trinajstić information content (AvgIpc) is 2.24. The molecule has 0 aliphatic heterocycles. The summed E-state index contributed by atoms with van der Waals surface area (Å²) in [6.07, 6.45) is 0. The Balaban J connectivity index is 2.34. The average molecular weight is 232 g/mol. The summed E-state index contributed by atoms with van der Waals surface area (Å²) >= 11 is 5.65. The van der Waals surface area contributed by atoms with Gasteiger partial charge >= 0.3 is 0 Å². The fraction of sp³-hybridized carbons (Fsp3) is 0.455. The SMILES string of the molecule is CCOCCNCc1cccc(Cl)c1F. The number of nitrogens with one attached hydrogen (secondary N) is 1. The number of halogens is 2. The minimum absolute atomic E-state index is 0.166. The summed E-state index contributed by atoms with van der Waals surface area (Å²) in [6.45, 7) is 4.46. The molecule has 0 amide bonds. The standard InChI is InChI=1S/C11H15ClFNO/c1-2-15-7-6-14-8-9-4-3-5-10(12)11(9)13/h3-5,14H,2,6-8H2,1H3. The smallest absolute Gasteiger partial charge is 0.146 e. The van der Waals surface area contributed by atoms with E-state index in [9.17, 15) is 4.39 Å². The molecule has 0 unspecified atom stereocenters. The molecule has 1 aromatic carbocycles. The molecular formula is C11H15ClFNO. The van der Waals surface area contributed by atoms with Gasteiger partial charge in [-0.3, -0.25) is 0 Å². The molecule has 0 spiro atoms. The lowest BCUT2D eigenvalue weighted by Gasteiger charge is -2.06. The summed E-state index contributed by atoms with van der Waals surface area (Å²) < 4.78 is 18.5. The van der Waals surface area contributed by atoms with Crippen LogP contribution in [0.2, 0.25) is 5.02 Å². The first-order chi connectivity index (χ1) is 7.25. The van der Waals surface area contributed by atoms with Crippen molar-refractivity contribution in [2.45, 2.75) is 13.5 Å². The summed E-state index contributed by atoms with van der Waals surface area (Å²) in [5, 5.41) is 3.25. The van der Waals surface area contributed by atoms with Crippen molar-refractivity contribution in [3.05, 3.63) is 34.6 Å². The highest BCUT2D eigenvalue weighted by Crippen LogP contribution is 2.17. The van der Waals surface area contributed by atoms with Gasteiger partial charge in [0.15, 0.2) is 0 Å². The van der Waals surface area contributed by atoms with Crippen LogP contribution in [-0.2, 0) is 11.3 Å². The maximum Gasteiger partial charge on any atom is 0.146 e. The van der Waals surface area contributed by atoms with Crippen molar-refractivity contribution >= 4 is 11.6 Å². The molecule has 0 aliphatic carbocycles. The van der Waals surface area contributed by atoms with Crippen LogP contribution < -0.4 is 5.32 Å². The molecule has 0 atom stereocenters. The lowest BCUT2D eigenvalue weighted by atomic mass is 10.2. The summed E-state index contributed by atoms with van der Waals surface area (Å²) in [5.74, 6) is -0.344. The molecule has 0 aromatic heterocycles. The third-order valence-electron chi connectivity index (χ3n) is 1.97. The predicted molar refractivity (Wildman–Crippen MR) is 59.6 cm³/mol. The van der Waals surface area contributed by atoms with Crippen LogP contribution in [0.15, 0.2) is 18.2 Å². The van der Waals surface area contributed by atoms with E-state index in [1.54, 1.807) is 18.2 Å². The van der Waals surface area contributed by atoms with Crippen molar-refractivity contribution in [2.24, 2.45) is 0 Å². The van der Waals surface area contributed by atoms with Gasteiger partial charge in [-0.2, -0.15) is 0 Å². The van der Waals surface area contributed by atoms with Crippen molar-refractivity contribution in [3.63, 3.8) is 0 Å². The first-order valence-corrected chi connectivity index (χ1v) is 5.35. The van der Waals surface area contributed by atoms with E-state index in [0.29, 0.717) is 31.9 Å². The van der Waals surface area contributed by atoms with E-state index >= 15 is 0 Å². The van der Waals surface area contributed by atoms with Gasteiger partial charge in [0.2, 0.25) is 0 Å². The molecule has 0 saturated carbocycles. The molecule has 0 bridgehead atoms. The zero-order chi connectivity index (χ0) is 11.1. The van der Waals surface area contributed by atoms with Crippen LogP contribution >= 0.6 is 11.6 Å². The Hall–Kier alpha value is -0.640. The van der Waals surface area contributed by atoms with Gasteiger partial charge in [-0.25, -0.2) is 4.39 Å². The Bertz CT molecular complexity index is 307. The van der Waals surface area contributed by atoms with Crippen molar-refractivity contribution in [2.75, 3.05) is 19.8 Å². The number of rotatable bonds is 6. The molecule has 0 saturated heterocycles. The minimum Gasteiger partial charge on any atom is -0.380 e. The van der Waals surface area contributed by atoms with Crippen molar-refractivity contribution < 1.29 is 9.13 Å². The molecule has 2 nitrogen and oxygen atoms in total. The number of hydrogen-bond donors (Lipinski definition) is 1. The van der Waals surface area contributed by atoms with E-state index in [1.807, 2.05) is 6.92 Å². The van der Waals surface area contributed by atoms with Crippen LogP contribution in [0.25, 0.3) is 0 Å². The van der Waals surface area contributed by atoms with Crippen LogP contribution in [-0.4, -0.2) is 19.8 Å². The van der Waals surface area contributed by atoms with Gasteiger partial charge in [-0.15, -0.1) is 0 Å². The molecule has 0 aliphatic rings. The van der Waals surface area contributed by atoms with Crippen LogP contribution in [0.4, 0.5) is 4.39 Å². The largest absolute Gasteiger partial charge is 0.380 e. The fourth-order valence-corrected chi connectivity index (χ4v) is 1.39. The first-order valence-electron chi connectivity index (χ1n) is 4.97. The van der Waals surface area contributed by atoms with Gasteiger partial charge in [-0.05, 0) is 13.0 Å². The van der Waals surface area contributed by atoms with E-state index < -0.39 is 0 Å². The molecule has 15 heavy (non-hydrogen) atoms. The van der Waals surface area contributed by atoms with Gasteiger partial charge in [-0.1, -0.05) is 23.7 Å². The third kappa shape index (κ3) is 4.16. The highest BCUT2D eigenvalue weighted by atomic mass is 35.5. The third-order valence-corrected chi connectivity index (χ3v) is 2.27. The number of benzene rings is 1. The number of ether oxygens (including phenoxy) is 1. The van der Waals surface area contributed by atoms with Crippen LogP contribution in [0.5, 0.6) is 0 Å². The normalized spacial score (nSPS) is 10.6. The van der Waals surface area contributed by atoms with E-state index in [4.69, 9.17) is 16.3 Å². The van der Waals surface area contributed by atoms with Gasteiger partial charge in [0, 0.05) is 25.3 Å². The second-order valence-electron chi connectivity index (χ2n) is 3.09. The van der Waals surface area contributed by atoms with E-state index in [-0.39, 0.29) is 10.8 Å². The molecule has 84 valence electrons. The summed E-state index contributed by atoms with van der Waals surface area (Å²) in [4.78, 5) is 0. The Morgan fingerprint density at radius 3 is 3.00 bits per heavy atom. The Labute approximate surface area is 94.4 Å². The fourth-order valence-electron chi connectivity index (χ4n) is 1.20. The van der Waals surface area contributed by atoms with Gasteiger partial charge in [0.1, 0.15) is 5.82 Å². The highest BCUT2D eigenvalue weighted by molar-refractivity contribution is 6.30. The zero-order valence-corrected chi connectivity index (χ0v) is 9.48. The van der Waals surface area contributed by atoms with Gasteiger partial charge < -0.3 is 10.1 Å². The first kappa shape index (κ1) is 12.4. The zero-order valence-electron chi connectivity index (χ0n) is 8.72. The second kappa shape index (κ2) is 6.77. The van der Waals surface area contributed by atoms with Crippen molar-refractivity contribution in [1.29, 1.82) is 0 Å². The summed E-state index contributed by atoms with van der Waals surface area (Å²) in [6, 6.07) is 5.00. The topological polar surface area (TPSA) is 21.3 Å². The van der Waals surface area contributed by atoms with Crippen molar-refractivity contribution in [3.8, 4) is 0 Å². The van der Waals surface area contributed by atoms with Crippen LogP contribution in [0.3, 0.4) is 0 Å². The molecule has 0 heterocycles. The maximum absolute atomic E-state index is 13.4. The van der Waals surface area contributed by atoms with E-state index in [2.05, 4.69) is 5.32 Å². The lowest BCUT2D eigenvalue weighted by Crippen LogP contribution is -2.19. The summed E-state index contributed by atoms with van der Waals surface area (Å²) in [5.41, 5.74) is 0.582. The number of hydrogen-bond acceptors (Lipinski definition) is 2. The monoisotopic (exact) mass is 231 g/mol. The molecule has 1 N–H and O–H groups in total. The van der Waals surface area contributed by atoms with Gasteiger partial charge in [0.05, 0.1) is 11.6 Å². The molecule has 1 aromatic rings. The Morgan fingerprint density at radius 1 is 1.47 bits per heavy atom. The van der Waals surface area contributed by atoms with E-state index in [0.717, 1.165) is 0 Å². The molecule has 4 heteroatoms. The second-order valence-corrected chi connectivity index (χ2v) is 3.49. The maximum atomic E-state index is 13.4. The van der Waals surface area contributed by atoms with Crippen LogP contribution in [0.1, 0.15) is 12.5 Å². The molecule has 0 fully saturated rings. The quantitative estimate of drug-likeness (QED) is 0.760. The summed E-state index contributed by atoms with van der Waals surface area (Å²) in [7, 11) is 0. The molecular weight excluding hydrogens is 217 g/mol. The lowest BCUT2D eigenvalue weighted by molar-refractivity contribution is 0.149. The van der Waals surface area contributed by atoms with Crippen LogP contribution in [0, 0.1) is 5.82 Å².